The summed E-state index contributed by atoms with van der Waals surface area (Å²) in [7, 11) is 2.90. The van der Waals surface area contributed by atoms with Gasteiger partial charge in [-0.1, -0.05) is 87.9 Å². The molecule has 15 heteroatoms. The number of hydrogen-bond acceptors (Lipinski definition) is 8. The average molecular weight is 754 g/mol. The third-order valence-corrected chi connectivity index (χ3v) is 9.53. The largest absolute Gasteiger partial charge is 0.480 e. The van der Waals surface area contributed by atoms with Gasteiger partial charge in [0.2, 0.25) is 23.6 Å². The fourth-order valence-corrected chi connectivity index (χ4v) is 5.96. The number of carbonyl (C=O) groups excluding carboxylic acids is 5. The predicted octanol–water partition coefficient (Wildman–Crippen LogP) is 2.33. The first-order valence-corrected chi connectivity index (χ1v) is 18.0. The lowest BCUT2D eigenvalue weighted by molar-refractivity contribution is -0.146. The van der Waals surface area contributed by atoms with Crippen molar-refractivity contribution >= 4 is 41.5 Å². The van der Waals surface area contributed by atoms with Crippen LogP contribution in [0.1, 0.15) is 66.4 Å². The second-order valence-corrected chi connectivity index (χ2v) is 13.5. The molecule has 0 aliphatic carbocycles. The fraction of sp³-hybridized carbons (Fsp3) is 0.513. The van der Waals surface area contributed by atoms with Crippen LogP contribution in [0.25, 0.3) is 0 Å². The summed E-state index contributed by atoms with van der Waals surface area (Å²) < 4.78 is 5.77. The van der Waals surface area contributed by atoms with E-state index < -0.39 is 83.9 Å². The number of aliphatic carboxylic acids is 2. The van der Waals surface area contributed by atoms with Crippen LogP contribution in [0.5, 0.6) is 0 Å². The first kappa shape index (κ1) is 44.8. The topological polar surface area (TPSA) is 221 Å². The van der Waals surface area contributed by atoms with E-state index in [2.05, 4.69) is 21.3 Å². The minimum Gasteiger partial charge on any atom is -0.480 e. The van der Waals surface area contributed by atoms with E-state index in [1.165, 1.54) is 33.9 Å². The van der Waals surface area contributed by atoms with Gasteiger partial charge in [-0.3, -0.25) is 24.0 Å². The van der Waals surface area contributed by atoms with Gasteiger partial charge >= 0.3 is 11.9 Å². The fourth-order valence-electron chi connectivity index (χ4n) is 5.96. The van der Waals surface area contributed by atoms with E-state index in [4.69, 9.17) is 4.74 Å². The minimum absolute atomic E-state index is 0.0345. The van der Waals surface area contributed by atoms with Gasteiger partial charge in [0.1, 0.15) is 23.8 Å². The lowest BCUT2D eigenvalue weighted by Crippen LogP contribution is -2.56. The Balaban J connectivity index is 2.53. The van der Waals surface area contributed by atoms with Crippen LogP contribution in [-0.2, 0) is 44.7 Å². The van der Waals surface area contributed by atoms with E-state index in [-0.39, 0.29) is 30.6 Å². The maximum Gasteiger partial charge on any atom is 0.327 e. The molecule has 1 aliphatic rings. The Morgan fingerprint density at radius 3 is 2.13 bits per heavy atom. The van der Waals surface area contributed by atoms with E-state index in [1.807, 2.05) is 50.3 Å². The number of nitrogens with zero attached hydrogens (tertiary/aromatic N) is 1. The highest BCUT2D eigenvalue weighted by atomic mass is 16.5. The molecule has 0 saturated carbocycles. The molecule has 5 amide bonds. The molecule has 15 nitrogen and oxygen atoms in total. The summed E-state index contributed by atoms with van der Waals surface area (Å²) in [6, 6.07) is 4.48. The standard InChI is InChI=1S/C39H55N5O10/c1-9-27-36(48)41-28(17-16-22(3)20-23(4)31(54-8)21-26-14-12-11-13-15-26)24(5)34(46)42-29(38(50)51)18-19-32(45)44(7)30(10-2)37(49)43-33(39(52)53)25(6)35(47)40-27/h10-17,20,23-25,27-29,31,33H,9,18-19,21H2,1-8H3,(H,40,47)(H,41,48)(H,42,46)(H,43,49)(H,50,51)(H,52,53)/b17-16+,22-20+,30-10-/t23-,24?,25-,27-,28-,29+,31-,33+/m0/s1. The number of amides is 5. The van der Waals surface area contributed by atoms with Crippen molar-refractivity contribution in [2.24, 2.45) is 17.8 Å². The van der Waals surface area contributed by atoms with Crippen molar-refractivity contribution in [1.82, 2.24) is 26.2 Å². The van der Waals surface area contributed by atoms with Gasteiger partial charge in [0.15, 0.2) is 0 Å². The normalized spacial score (nSPS) is 26.4. The zero-order valence-corrected chi connectivity index (χ0v) is 32.3. The molecule has 1 aromatic carbocycles. The highest BCUT2D eigenvalue weighted by Gasteiger charge is 2.36. The zero-order valence-electron chi connectivity index (χ0n) is 32.3. The Labute approximate surface area is 316 Å². The van der Waals surface area contributed by atoms with Gasteiger partial charge in [-0.15, -0.1) is 0 Å². The van der Waals surface area contributed by atoms with Gasteiger partial charge in [-0.25, -0.2) is 9.59 Å². The van der Waals surface area contributed by atoms with Crippen molar-refractivity contribution in [2.75, 3.05) is 14.2 Å². The monoisotopic (exact) mass is 753 g/mol. The Morgan fingerprint density at radius 2 is 1.57 bits per heavy atom. The molecule has 0 aromatic heterocycles. The molecule has 0 bridgehead atoms. The molecule has 1 aromatic rings. The third-order valence-electron chi connectivity index (χ3n) is 9.53. The molecule has 6 N–H and O–H groups in total. The summed E-state index contributed by atoms with van der Waals surface area (Å²) in [6.07, 6.45) is 6.45. The molecular weight excluding hydrogens is 698 g/mol. The number of nitrogens with one attached hydrogen (secondary N) is 4. The molecule has 8 atom stereocenters. The minimum atomic E-state index is -1.74. The van der Waals surface area contributed by atoms with Crippen molar-refractivity contribution in [3.05, 3.63) is 71.5 Å². The molecule has 1 fully saturated rings. The van der Waals surface area contributed by atoms with E-state index in [0.29, 0.717) is 6.42 Å². The lowest BCUT2D eigenvalue weighted by Gasteiger charge is -2.27. The van der Waals surface area contributed by atoms with E-state index >= 15 is 0 Å². The lowest BCUT2D eigenvalue weighted by atomic mass is 9.94. The van der Waals surface area contributed by atoms with Crippen molar-refractivity contribution in [2.45, 2.75) is 97.5 Å². The van der Waals surface area contributed by atoms with Gasteiger partial charge in [0, 0.05) is 26.5 Å². The number of carboxylic acid groups (broad SMARTS) is 2. The summed E-state index contributed by atoms with van der Waals surface area (Å²) in [5, 5.41) is 29.9. The van der Waals surface area contributed by atoms with Crippen LogP contribution < -0.4 is 21.3 Å². The molecule has 0 radical (unpaired) electrons. The summed E-state index contributed by atoms with van der Waals surface area (Å²) in [4.78, 5) is 92.2. The molecule has 1 aliphatic heterocycles. The van der Waals surface area contributed by atoms with Crippen LogP contribution in [0.3, 0.4) is 0 Å². The van der Waals surface area contributed by atoms with Crippen molar-refractivity contribution in [3.63, 3.8) is 0 Å². The van der Waals surface area contributed by atoms with E-state index in [9.17, 15) is 43.8 Å². The quantitative estimate of drug-likeness (QED) is 0.151. The van der Waals surface area contributed by atoms with Crippen molar-refractivity contribution in [3.8, 4) is 0 Å². The number of methoxy groups -OCH3 is 1. The Kier molecular flexibility index (Phi) is 17.8. The van der Waals surface area contributed by atoms with Crippen LogP contribution in [0.2, 0.25) is 0 Å². The smallest absolute Gasteiger partial charge is 0.327 e. The summed E-state index contributed by atoms with van der Waals surface area (Å²) in [6.45, 7) is 9.70. The van der Waals surface area contributed by atoms with Gasteiger partial charge in [-0.2, -0.15) is 0 Å². The van der Waals surface area contributed by atoms with Gasteiger partial charge < -0.3 is 41.1 Å². The van der Waals surface area contributed by atoms with Crippen LogP contribution in [0, 0.1) is 17.8 Å². The SMILES string of the molecule is C/C=C1/C(=O)N[C@@H](C(=O)O)[C@H](C)C(=O)N[C@@H](CC)C(=O)N[C@@H](/C=C/C(C)=C/[C@H](C)[C@H](Cc2ccccc2)OC)C(C)C(=O)N[C@@H](C(=O)O)CCC(=O)N1C. The van der Waals surface area contributed by atoms with Gasteiger partial charge in [0.25, 0.3) is 5.91 Å². The Bertz CT molecular complexity index is 1610. The first-order valence-electron chi connectivity index (χ1n) is 18.0. The molecule has 54 heavy (non-hydrogen) atoms. The van der Waals surface area contributed by atoms with Gasteiger partial charge in [-0.05, 0) is 38.7 Å². The second-order valence-electron chi connectivity index (χ2n) is 13.5. The zero-order chi connectivity index (χ0) is 40.7. The molecule has 2 rings (SSSR count). The summed E-state index contributed by atoms with van der Waals surface area (Å²) in [5.41, 5.74) is 1.66. The number of allylic oxidation sites excluding steroid dienone is 3. The predicted molar refractivity (Wildman–Crippen MR) is 200 cm³/mol. The highest BCUT2D eigenvalue weighted by molar-refractivity contribution is 6.00. The van der Waals surface area contributed by atoms with Crippen molar-refractivity contribution < 1.29 is 48.5 Å². The van der Waals surface area contributed by atoms with Crippen molar-refractivity contribution in [1.29, 1.82) is 0 Å². The summed E-state index contributed by atoms with van der Waals surface area (Å²) >= 11 is 0. The van der Waals surface area contributed by atoms with Crippen LogP contribution >= 0.6 is 0 Å². The highest BCUT2D eigenvalue weighted by Crippen LogP contribution is 2.18. The van der Waals surface area contributed by atoms with Crippen LogP contribution in [-0.4, -0.2) is 101 Å². The Morgan fingerprint density at radius 1 is 0.944 bits per heavy atom. The van der Waals surface area contributed by atoms with E-state index in [0.717, 1.165) is 16.0 Å². The molecular formula is C39H55N5O10. The number of rotatable bonds is 10. The first-order chi connectivity index (χ1) is 25.4. The molecule has 1 unspecified atom stereocenters. The van der Waals surface area contributed by atoms with E-state index in [1.54, 1.807) is 26.2 Å². The molecule has 1 heterocycles. The number of benzene rings is 1. The maximum absolute atomic E-state index is 13.7. The van der Waals surface area contributed by atoms with Crippen LogP contribution in [0.4, 0.5) is 0 Å². The maximum atomic E-state index is 13.7. The molecule has 296 valence electrons. The Hall–Kier alpha value is -5.31. The number of hydrogen-bond donors (Lipinski definition) is 6. The summed E-state index contributed by atoms with van der Waals surface area (Å²) in [5.74, 6) is -9.27. The number of likely N-dealkylation sites (N-methyl/N-ethyl adjacent to an activating group) is 1. The van der Waals surface area contributed by atoms with Gasteiger partial charge in [0.05, 0.1) is 24.0 Å². The second kappa shape index (κ2) is 21.4. The number of carbonyl (C=O) groups is 7. The molecule has 1 saturated heterocycles. The molecule has 0 spiro atoms. The third kappa shape index (κ3) is 13.0. The van der Waals surface area contributed by atoms with Crippen LogP contribution in [0.15, 0.2) is 65.9 Å². The average Bonchev–Trinajstić information content (AvgIpc) is 3.13. The number of carboxylic acids is 2. The number of ether oxygens (including phenoxy) is 1.